The molecule has 15 heavy (non-hydrogen) atoms. The van der Waals surface area contributed by atoms with E-state index in [9.17, 15) is 9.00 Å². The Kier molecular flexibility index (Phi) is 7.65. The van der Waals surface area contributed by atoms with Crippen LogP contribution in [-0.2, 0) is 15.6 Å². The van der Waals surface area contributed by atoms with E-state index in [-0.39, 0.29) is 0 Å². The first-order valence-corrected chi connectivity index (χ1v) is 7.01. The van der Waals surface area contributed by atoms with Crippen LogP contribution in [0.4, 0.5) is 0 Å². The Hall–Kier alpha value is -0.380. The van der Waals surface area contributed by atoms with Crippen LogP contribution in [0.15, 0.2) is 0 Å². The average Bonchev–Trinajstić information content (AvgIpc) is 2.17. The Morgan fingerprint density at radius 3 is 2.40 bits per heavy atom. The molecule has 0 saturated carbocycles. The Morgan fingerprint density at radius 1 is 1.40 bits per heavy atom. The van der Waals surface area contributed by atoms with Crippen LogP contribution < -0.4 is 0 Å². The van der Waals surface area contributed by atoms with E-state index in [1.165, 1.54) is 0 Å². The fraction of sp³-hybridized carbons (Fsp3) is 0.909. The Labute approximate surface area is 94.7 Å². The molecule has 0 aromatic heterocycles. The third-order valence-electron chi connectivity index (χ3n) is 2.56. The number of unbranched alkanes of at least 4 members (excludes halogenated alkanes) is 1. The molecule has 1 N–H and O–H groups in total. The minimum absolute atomic E-state index is 0.342. The normalized spacial score (nSPS) is 17.0. The summed E-state index contributed by atoms with van der Waals surface area (Å²) in [4.78, 5) is 10.9. The molecular weight excluding hydrogens is 212 g/mol. The van der Waals surface area contributed by atoms with Crippen molar-refractivity contribution in [2.45, 2.75) is 51.7 Å². The predicted molar refractivity (Wildman–Crippen MR) is 63.4 cm³/mol. The van der Waals surface area contributed by atoms with Gasteiger partial charge in [0.05, 0.1) is 0 Å². The van der Waals surface area contributed by atoms with E-state index in [4.69, 9.17) is 5.11 Å². The standard InChI is InChI=1S/C11H22O3S/c1-4-6-7-10(11(12)13)15(14)8-9(3)5-2/h9-10H,4-8H2,1-3H3,(H,12,13). The molecular formula is C11H22O3S. The summed E-state index contributed by atoms with van der Waals surface area (Å²) in [5.41, 5.74) is 0. The number of rotatable bonds is 8. The highest BCUT2D eigenvalue weighted by atomic mass is 32.2. The molecule has 0 aromatic rings. The third kappa shape index (κ3) is 5.92. The summed E-state index contributed by atoms with van der Waals surface area (Å²) in [6.07, 6.45) is 3.27. The van der Waals surface area contributed by atoms with Crippen LogP contribution in [0.2, 0.25) is 0 Å². The molecule has 0 bridgehead atoms. The number of hydrogen-bond donors (Lipinski definition) is 1. The summed E-state index contributed by atoms with van der Waals surface area (Å²) in [7, 11) is -1.22. The first kappa shape index (κ1) is 14.6. The second kappa shape index (κ2) is 7.85. The summed E-state index contributed by atoms with van der Waals surface area (Å²) < 4.78 is 11.8. The fourth-order valence-electron chi connectivity index (χ4n) is 1.27. The molecule has 90 valence electrons. The van der Waals surface area contributed by atoms with Gasteiger partial charge in [-0.25, -0.2) is 0 Å². The molecule has 0 rings (SSSR count). The minimum Gasteiger partial charge on any atom is -0.480 e. The highest BCUT2D eigenvalue weighted by Crippen LogP contribution is 2.12. The lowest BCUT2D eigenvalue weighted by Gasteiger charge is -2.14. The van der Waals surface area contributed by atoms with Crippen LogP contribution in [0.25, 0.3) is 0 Å². The average molecular weight is 234 g/mol. The molecule has 0 spiro atoms. The molecule has 0 saturated heterocycles. The summed E-state index contributed by atoms with van der Waals surface area (Å²) in [6, 6.07) is 0. The molecule has 4 heteroatoms. The zero-order valence-electron chi connectivity index (χ0n) is 9.86. The summed E-state index contributed by atoms with van der Waals surface area (Å²) in [5, 5.41) is 8.30. The second-order valence-electron chi connectivity index (χ2n) is 4.03. The van der Waals surface area contributed by atoms with Crippen molar-refractivity contribution in [2.75, 3.05) is 5.75 Å². The maximum absolute atomic E-state index is 11.8. The molecule has 3 unspecified atom stereocenters. The highest BCUT2D eigenvalue weighted by molar-refractivity contribution is 7.86. The number of carboxylic acid groups (broad SMARTS) is 1. The van der Waals surface area contributed by atoms with Gasteiger partial charge in [0, 0.05) is 16.6 Å². The summed E-state index contributed by atoms with van der Waals surface area (Å²) in [5.74, 6) is -0.0589. The second-order valence-corrected chi connectivity index (χ2v) is 5.69. The van der Waals surface area contributed by atoms with Gasteiger partial charge in [0.25, 0.3) is 0 Å². The number of hydrogen-bond acceptors (Lipinski definition) is 2. The molecule has 0 aliphatic carbocycles. The van der Waals surface area contributed by atoms with Gasteiger partial charge in [-0.2, -0.15) is 0 Å². The van der Waals surface area contributed by atoms with Gasteiger partial charge >= 0.3 is 5.97 Å². The molecule has 3 nitrogen and oxygen atoms in total. The van der Waals surface area contributed by atoms with Crippen molar-refractivity contribution in [3.8, 4) is 0 Å². The quantitative estimate of drug-likeness (QED) is 0.701. The van der Waals surface area contributed by atoms with Crippen LogP contribution >= 0.6 is 0 Å². The van der Waals surface area contributed by atoms with Gasteiger partial charge in [-0.05, 0) is 12.3 Å². The van der Waals surface area contributed by atoms with Crippen molar-refractivity contribution >= 4 is 16.8 Å². The summed E-state index contributed by atoms with van der Waals surface area (Å²) in [6.45, 7) is 6.05. The van der Waals surface area contributed by atoms with Crippen molar-refractivity contribution in [2.24, 2.45) is 5.92 Å². The Balaban J connectivity index is 4.22. The van der Waals surface area contributed by atoms with Crippen LogP contribution in [0.5, 0.6) is 0 Å². The maximum Gasteiger partial charge on any atom is 0.319 e. The molecule has 0 radical (unpaired) electrons. The monoisotopic (exact) mass is 234 g/mol. The first-order chi connectivity index (χ1) is 7.02. The number of carbonyl (C=O) groups is 1. The molecule has 3 atom stereocenters. The molecule has 0 aliphatic rings. The van der Waals surface area contributed by atoms with Gasteiger partial charge in [-0.1, -0.05) is 40.0 Å². The lowest BCUT2D eigenvalue weighted by Crippen LogP contribution is -2.29. The van der Waals surface area contributed by atoms with E-state index in [2.05, 4.69) is 0 Å². The largest absolute Gasteiger partial charge is 0.480 e. The van der Waals surface area contributed by atoms with Crippen LogP contribution in [0, 0.1) is 5.92 Å². The highest BCUT2D eigenvalue weighted by Gasteiger charge is 2.24. The molecule has 0 fully saturated rings. The van der Waals surface area contributed by atoms with Crippen LogP contribution in [0.3, 0.4) is 0 Å². The number of aliphatic carboxylic acids is 1. The molecule has 0 amide bonds. The number of carboxylic acids is 1. The van der Waals surface area contributed by atoms with Gasteiger partial charge in [0.2, 0.25) is 0 Å². The lowest BCUT2D eigenvalue weighted by atomic mass is 10.2. The van der Waals surface area contributed by atoms with E-state index in [0.717, 1.165) is 19.3 Å². The van der Waals surface area contributed by atoms with Crippen LogP contribution in [0.1, 0.15) is 46.5 Å². The van der Waals surface area contributed by atoms with Gasteiger partial charge in [-0.3, -0.25) is 9.00 Å². The summed E-state index contributed by atoms with van der Waals surface area (Å²) >= 11 is 0. The maximum atomic E-state index is 11.8. The van der Waals surface area contributed by atoms with Crippen molar-refractivity contribution in [1.29, 1.82) is 0 Å². The third-order valence-corrected chi connectivity index (χ3v) is 4.53. The smallest absolute Gasteiger partial charge is 0.319 e. The SMILES string of the molecule is CCCCC(C(=O)O)S(=O)CC(C)CC. The van der Waals surface area contributed by atoms with Gasteiger partial charge in [0.1, 0.15) is 5.25 Å². The van der Waals surface area contributed by atoms with E-state index in [0.29, 0.717) is 18.1 Å². The Bertz CT molecular complexity index is 216. The predicted octanol–water partition coefficient (Wildman–Crippen LogP) is 2.42. The molecule has 0 aromatic carbocycles. The van der Waals surface area contributed by atoms with Crippen molar-refractivity contribution in [1.82, 2.24) is 0 Å². The van der Waals surface area contributed by atoms with Crippen LogP contribution in [-0.4, -0.2) is 26.3 Å². The van der Waals surface area contributed by atoms with Gasteiger partial charge in [-0.15, -0.1) is 0 Å². The van der Waals surface area contributed by atoms with E-state index >= 15 is 0 Å². The zero-order chi connectivity index (χ0) is 11.8. The zero-order valence-corrected chi connectivity index (χ0v) is 10.7. The first-order valence-electron chi connectivity index (χ1n) is 5.62. The fourth-order valence-corrected chi connectivity index (χ4v) is 2.95. The van der Waals surface area contributed by atoms with Gasteiger partial charge < -0.3 is 5.11 Å². The Morgan fingerprint density at radius 2 is 2.00 bits per heavy atom. The van der Waals surface area contributed by atoms with Crippen molar-refractivity contribution in [3.05, 3.63) is 0 Å². The van der Waals surface area contributed by atoms with Gasteiger partial charge in [0.15, 0.2) is 0 Å². The van der Waals surface area contributed by atoms with Crippen molar-refractivity contribution < 1.29 is 14.1 Å². The topological polar surface area (TPSA) is 54.4 Å². The lowest BCUT2D eigenvalue weighted by molar-refractivity contribution is -0.136. The van der Waals surface area contributed by atoms with E-state index in [1.807, 2.05) is 20.8 Å². The van der Waals surface area contributed by atoms with E-state index in [1.54, 1.807) is 0 Å². The molecule has 0 heterocycles. The minimum atomic E-state index is -1.22. The van der Waals surface area contributed by atoms with E-state index < -0.39 is 22.0 Å². The molecule has 0 aliphatic heterocycles. The van der Waals surface area contributed by atoms with Crippen molar-refractivity contribution in [3.63, 3.8) is 0 Å².